The van der Waals surface area contributed by atoms with Crippen molar-refractivity contribution in [2.24, 2.45) is 23.7 Å². The molecule has 4 aromatic carbocycles. The molecule has 0 aromatic heterocycles. The molecule has 4 amide bonds. The van der Waals surface area contributed by atoms with Crippen molar-refractivity contribution >= 4 is 51.7 Å². The molecule has 2 aliphatic heterocycles. The van der Waals surface area contributed by atoms with Crippen molar-refractivity contribution in [2.75, 3.05) is 5.43 Å². The number of benzene rings is 4. The number of amides is 4. The lowest BCUT2D eigenvalue weighted by Crippen LogP contribution is -2.53. The molecule has 4 fully saturated rings. The van der Waals surface area contributed by atoms with E-state index in [4.69, 9.17) is 11.6 Å². The maximum atomic E-state index is 15.4. The van der Waals surface area contributed by atoms with Crippen LogP contribution >= 0.6 is 11.6 Å². The Balaban J connectivity index is 1.27. The van der Waals surface area contributed by atoms with Gasteiger partial charge in [-0.15, -0.1) is 0 Å². The van der Waals surface area contributed by atoms with Gasteiger partial charge in [-0.1, -0.05) is 85.0 Å². The van der Waals surface area contributed by atoms with Crippen LogP contribution < -0.4 is 5.43 Å². The molecule has 2 heterocycles. The number of carbonyl (C=O) groups excluding carboxylic acids is 4. The minimum absolute atomic E-state index is 0.0783. The van der Waals surface area contributed by atoms with E-state index in [0.29, 0.717) is 33.5 Å². The minimum Gasteiger partial charge on any atom is -0.507 e. The number of hydrazine groups is 1. The van der Waals surface area contributed by atoms with Gasteiger partial charge in [-0.3, -0.25) is 29.5 Å². The number of nitrogens with one attached hydrogen (secondary N) is 1. The fourth-order valence-electron chi connectivity index (χ4n) is 10.3. The van der Waals surface area contributed by atoms with Crippen molar-refractivity contribution in [3.63, 3.8) is 0 Å². The number of allylic oxidation sites excluding steroid dienone is 2. The van der Waals surface area contributed by atoms with Crippen molar-refractivity contribution in [1.29, 1.82) is 0 Å². The molecule has 264 valence electrons. The number of imide groups is 2. The molecule has 0 bridgehead atoms. The van der Waals surface area contributed by atoms with Crippen LogP contribution in [0.15, 0.2) is 96.6 Å². The number of aromatic hydroxyl groups is 1. The summed E-state index contributed by atoms with van der Waals surface area (Å²) in [5.41, 5.74) is 4.02. The highest BCUT2D eigenvalue weighted by Gasteiger charge is 2.70. The Labute approximate surface area is 305 Å². The van der Waals surface area contributed by atoms with Crippen LogP contribution in [0.1, 0.15) is 62.0 Å². The molecule has 8 nitrogen and oxygen atoms in total. The van der Waals surface area contributed by atoms with Gasteiger partial charge in [0.25, 0.3) is 11.8 Å². The summed E-state index contributed by atoms with van der Waals surface area (Å²) in [7, 11) is 0. The number of likely N-dealkylation sites (tertiary alicyclic amines) is 1. The van der Waals surface area contributed by atoms with E-state index in [1.807, 2.05) is 30.3 Å². The molecule has 0 spiro atoms. The molecule has 2 saturated carbocycles. The summed E-state index contributed by atoms with van der Waals surface area (Å²) in [6.45, 7) is 0. The van der Waals surface area contributed by atoms with Gasteiger partial charge in [0.2, 0.25) is 11.8 Å². The fourth-order valence-corrected chi connectivity index (χ4v) is 10.4. The average Bonchev–Trinajstić information content (AvgIpc) is 3.54. The molecule has 2 N–H and O–H groups in total. The van der Waals surface area contributed by atoms with Gasteiger partial charge in [0.15, 0.2) is 0 Å². The van der Waals surface area contributed by atoms with E-state index in [1.54, 1.807) is 35.2 Å². The van der Waals surface area contributed by atoms with E-state index in [9.17, 15) is 23.9 Å². The van der Waals surface area contributed by atoms with Gasteiger partial charge in [0.05, 0.1) is 28.9 Å². The minimum atomic E-state index is -1.50. The standard InChI is InChI=1S/C42H37ClFN3O5/c43-24-12-10-23(11-13-24)42-34(39(50)47(41(42)52)45-26-16-14-25(44)15-17-26)22-33-31(37(42)30-20-21-35(48)29-9-5-4-8-28(29)30)18-19-32-36(33)40(51)46(38(32)49)27-6-2-1-3-7-27/h4-5,8-18,20-21,27,32-34,36-37,45,48H,1-3,6-7,19,22H2/t32-,33+,34-,36-,37-,42+/m0/s1. The number of fused-ring (bicyclic) bond motifs is 5. The third kappa shape index (κ3) is 4.71. The molecule has 9 rings (SSSR count). The predicted octanol–water partition coefficient (Wildman–Crippen LogP) is 7.66. The Bertz CT molecular complexity index is 2180. The van der Waals surface area contributed by atoms with Gasteiger partial charge < -0.3 is 5.11 Å². The number of hydrogen-bond acceptors (Lipinski definition) is 6. The molecular weight excluding hydrogens is 681 g/mol. The summed E-state index contributed by atoms with van der Waals surface area (Å²) in [6.07, 6.45) is 7.19. The van der Waals surface area contributed by atoms with Gasteiger partial charge in [0, 0.05) is 22.4 Å². The van der Waals surface area contributed by atoms with Crippen LogP contribution in [-0.4, -0.2) is 44.7 Å². The van der Waals surface area contributed by atoms with E-state index in [-0.39, 0.29) is 30.0 Å². The molecule has 2 saturated heterocycles. The Morgan fingerprint density at radius 1 is 0.788 bits per heavy atom. The second-order valence-electron chi connectivity index (χ2n) is 14.9. The van der Waals surface area contributed by atoms with Crippen molar-refractivity contribution in [1.82, 2.24) is 9.91 Å². The number of anilines is 1. The first-order valence-electron chi connectivity index (χ1n) is 18.1. The number of nitrogens with zero attached hydrogens (tertiary/aromatic N) is 2. The maximum absolute atomic E-state index is 15.4. The monoisotopic (exact) mass is 717 g/mol. The van der Waals surface area contributed by atoms with Crippen LogP contribution in [0.4, 0.5) is 10.1 Å². The van der Waals surface area contributed by atoms with Gasteiger partial charge in [-0.2, -0.15) is 5.01 Å². The Morgan fingerprint density at radius 2 is 1.50 bits per heavy atom. The van der Waals surface area contributed by atoms with Crippen molar-refractivity contribution < 1.29 is 28.7 Å². The molecule has 0 unspecified atom stereocenters. The summed E-state index contributed by atoms with van der Waals surface area (Å²) in [4.78, 5) is 60.6. The first-order chi connectivity index (χ1) is 25.2. The highest BCUT2D eigenvalue weighted by atomic mass is 35.5. The first kappa shape index (κ1) is 32.9. The zero-order valence-electron chi connectivity index (χ0n) is 28.3. The highest BCUT2D eigenvalue weighted by Crippen LogP contribution is 2.65. The molecular formula is C42H37ClFN3O5. The molecule has 6 atom stereocenters. The van der Waals surface area contributed by atoms with E-state index in [0.717, 1.165) is 48.2 Å². The van der Waals surface area contributed by atoms with Crippen LogP contribution in [0.5, 0.6) is 5.75 Å². The lowest BCUT2D eigenvalue weighted by Gasteiger charge is -2.51. The maximum Gasteiger partial charge on any atom is 0.260 e. The first-order valence-corrected chi connectivity index (χ1v) is 18.5. The van der Waals surface area contributed by atoms with Crippen LogP contribution in [0, 0.1) is 29.5 Å². The summed E-state index contributed by atoms with van der Waals surface area (Å²) in [6, 6.07) is 23.2. The topological polar surface area (TPSA) is 107 Å². The Kier molecular flexibility index (Phi) is 7.77. The molecule has 10 heteroatoms. The summed E-state index contributed by atoms with van der Waals surface area (Å²) in [5, 5.41) is 13.8. The molecule has 5 aliphatic rings. The van der Waals surface area contributed by atoms with E-state index >= 15 is 4.79 Å². The van der Waals surface area contributed by atoms with Crippen molar-refractivity contribution in [2.45, 2.75) is 62.3 Å². The average molecular weight is 718 g/mol. The number of carbonyl (C=O) groups is 4. The number of halogens is 2. The third-order valence-electron chi connectivity index (χ3n) is 12.5. The fraction of sp³-hybridized carbons (Fsp3) is 0.333. The second-order valence-corrected chi connectivity index (χ2v) is 15.4. The Hall–Kier alpha value is -5.02. The molecule has 52 heavy (non-hydrogen) atoms. The van der Waals surface area contributed by atoms with Crippen molar-refractivity contribution in [3.8, 4) is 5.75 Å². The zero-order chi connectivity index (χ0) is 35.9. The largest absolute Gasteiger partial charge is 0.507 e. The lowest BCUT2D eigenvalue weighted by molar-refractivity contribution is -0.144. The van der Waals surface area contributed by atoms with Crippen molar-refractivity contribution in [3.05, 3.63) is 119 Å². The molecule has 4 aromatic rings. The summed E-state index contributed by atoms with van der Waals surface area (Å²) < 4.78 is 13.9. The normalized spacial score (nSPS) is 28.9. The van der Waals surface area contributed by atoms with Crippen LogP contribution in [0.2, 0.25) is 5.02 Å². The number of phenolic OH excluding ortho intramolecular Hbond substituents is 1. The SMILES string of the molecule is O=C1[C@@H]2C[C@@H]3C(=CC[C@@H]4C(=O)N(C5CCCCC5)C(=O)[C@@H]43)[C@H](c3ccc(O)c4ccccc34)[C@]2(c2ccc(Cl)cc2)C(=O)N1Nc1ccc(F)cc1. The quantitative estimate of drug-likeness (QED) is 0.162. The molecule has 3 aliphatic carbocycles. The smallest absolute Gasteiger partial charge is 0.260 e. The Morgan fingerprint density at radius 3 is 2.23 bits per heavy atom. The number of rotatable bonds is 5. The van der Waals surface area contributed by atoms with Crippen LogP contribution in [0.25, 0.3) is 10.8 Å². The van der Waals surface area contributed by atoms with Gasteiger partial charge in [0.1, 0.15) is 11.6 Å². The van der Waals surface area contributed by atoms with E-state index in [2.05, 4.69) is 11.5 Å². The van der Waals surface area contributed by atoms with E-state index < -0.39 is 52.6 Å². The van der Waals surface area contributed by atoms with Gasteiger partial charge >= 0.3 is 0 Å². The van der Waals surface area contributed by atoms with Crippen LogP contribution in [0.3, 0.4) is 0 Å². The lowest BCUT2D eigenvalue weighted by atomic mass is 9.49. The van der Waals surface area contributed by atoms with Crippen LogP contribution in [-0.2, 0) is 24.6 Å². The number of phenols is 1. The van der Waals surface area contributed by atoms with E-state index in [1.165, 1.54) is 24.3 Å². The van der Waals surface area contributed by atoms with Gasteiger partial charge in [-0.25, -0.2) is 4.39 Å². The summed E-state index contributed by atoms with van der Waals surface area (Å²) >= 11 is 6.41. The molecule has 0 radical (unpaired) electrons. The zero-order valence-corrected chi connectivity index (χ0v) is 29.1. The number of hydrogen-bond donors (Lipinski definition) is 2. The second kappa shape index (κ2) is 12.3. The predicted molar refractivity (Wildman–Crippen MR) is 193 cm³/mol. The third-order valence-corrected chi connectivity index (χ3v) is 12.7. The van der Waals surface area contributed by atoms with Gasteiger partial charge in [-0.05, 0) is 90.6 Å². The highest BCUT2D eigenvalue weighted by molar-refractivity contribution is 6.30. The summed E-state index contributed by atoms with van der Waals surface area (Å²) in [5.74, 6) is -5.05.